The number of rotatable bonds is 4. The number of nitrogens with one attached hydrogen (secondary N) is 2. The summed E-state index contributed by atoms with van der Waals surface area (Å²) in [6.07, 6.45) is 4.82. The van der Waals surface area contributed by atoms with Crippen molar-refractivity contribution in [2.75, 3.05) is 5.32 Å². The Hall–Kier alpha value is -2.98. The molecular formula is C20H18N4O2S. The number of hydrogen-bond donors (Lipinski definition) is 2. The van der Waals surface area contributed by atoms with E-state index in [1.54, 1.807) is 35.6 Å². The monoisotopic (exact) mass is 378 g/mol. The first kappa shape index (κ1) is 17.4. The van der Waals surface area contributed by atoms with E-state index in [9.17, 15) is 9.59 Å². The van der Waals surface area contributed by atoms with Gasteiger partial charge in [0.1, 0.15) is 10.7 Å². The van der Waals surface area contributed by atoms with Gasteiger partial charge in [0.2, 0.25) is 5.91 Å². The highest BCUT2D eigenvalue weighted by molar-refractivity contribution is 7.18. The number of fused-ring (bicyclic) bond motifs is 3. The van der Waals surface area contributed by atoms with Gasteiger partial charge in [0.15, 0.2) is 0 Å². The first-order valence-electron chi connectivity index (χ1n) is 8.97. The van der Waals surface area contributed by atoms with Crippen LogP contribution in [0.4, 0.5) is 5.69 Å². The van der Waals surface area contributed by atoms with Crippen molar-refractivity contribution < 1.29 is 4.79 Å². The fourth-order valence-electron chi connectivity index (χ4n) is 3.45. The van der Waals surface area contributed by atoms with E-state index in [-0.39, 0.29) is 17.9 Å². The van der Waals surface area contributed by atoms with Crippen LogP contribution in [0.5, 0.6) is 0 Å². The predicted octanol–water partition coefficient (Wildman–Crippen LogP) is 3.31. The Morgan fingerprint density at radius 1 is 1.33 bits per heavy atom. The number of carbonyl (C=O) groups is 1. The smallest absolute Gasteiger partial charge is 0.259 e. The van der Waals surface area contributed by atoms with Crippen molar-refractivity contribution in [2.45, 2.75) is 38.5 Å². The molecule has 2 aromatic heterocycles. The molecule has 2 heterocycles. The summed E-state index contributed by atoms with van der Waals surface area (Å²) in [6.45, 7) is 0. The number of aromatic nitrogens is 2. The van der Waals surface area contributed by atoms with Crippen LogP contribution in [-0.4, -0.2) is 15.9 Å². The first-order chi connectivity index (χ1) is 13.1. The van der Waals surface area contributed by atoms with E-state index in [1.807, 2.05) is 6.07 Å². The van der Waals surface area contributed by atoms with Gasteiger partial charge >= 0.3 is 0 Å². The van der Waals surface area contributed by atoms with Gasteiger partial charge < -0.3 is 10.3 Å². The van der Waals surface area contributed by atoms with Gasteiger partial charge in [-0.1, -0.05) is 6.07 Å². The summed E-state index contributed by atoms with van der Waals surface area (Å²) in [4.78, 5) is 34.2. The minimum Gasteiger partial charge on any atom is -0.326 e. The van der Waals surface area contributed by atoms with Crippen LogP contribution in [-0.2, 0) is 24.1 Å². The summed E-state index contributed by atoms with van der Waals surface area (Å²) < 4.78 is 0. The zero-order valence-corrected chi connectivity index (χ0v) is 15.5. The van der Waals surface area contributed by atoms with Gasteiger partial charge in [0.25, 0.3) is 5.56 Å². The third-order valence-corrected chi connectivity index (χ3v) is 5.92. The maximum Gasteiger partial charge on any atom is 0.259 e. The number of anilines is 1. The third kappa shape index (κ3) is 3.62. The molecular weight excluding hydrogens is 360 g/mol. The molecule has 2 N–H and O–H groups in total. The van der Waals surface area contributed by atoms with E-state index in [0.29, 0.717) is 23.5 Å². The van der Waals surface area contributed by atoms with Crippen LogP contribution in [0.3, 0.4) is 0 Å². The summed E-state index contributed by atoms with van der Waals surface area (Å²) >= 11 is 1.61. The summed E-state index contributed by atoms with van der Waals surface area (Å²) in [6, 6.07) is 8.81. The van der Waals surface area contributed by atoms with E-state index in [0.717, 1.165) is 41.5 Å². The molecule has 0 saturated heterocycles. The molecule has 1 aromatic carbocycles. The predicted molar refractivity (Wildman–Crippen MR) is 105 cm³/mol. The van der Waals surface area contributed by atoms with Crippen LogP contribution < -0.4 is 10.9 Å². The van der Waals surface area contributed by atoms with Crippen molar-refractivity contribution in [1.82, 2.24) is 9.97 Å². The van der Waals surface area contributed by atoms with Crippen LogP contribution in [0, 0.1) is 11.3 Å². The van der Waals surface area contributed by atoms with Gasteiger partial charge in [-0.3, -0.25) is 9.59 Å². The molecule has 136 valence electrons. The van der Waals surface area contributed by atoms with Crippen LogP contribution in [0.1, 0.15) is 41.1 Å². The van der Waals surface area contributed by atoms with Gasteiger partial charge in [-0.05, 0) is 49.4 Å². The van der Waals surface area contributed by atoms with E-state index in [4.69, 9.17) is 5.26 Å². The van der Waals surface area contributed by atoms with E-state index >= 15 is 0 Å². The van der Waals surface area contributed by atoms with E-state index < -0.39 is 0 Å². The molecule has 1 aliphatic carbocycles. The van der Waals surface area contributed by atoms with Crippen LogP contribution in [0.25, 0.3) is 10.2 Å². The fraction of sp³-hybridized carbons (Fsp3) is 0.300. The lowest BCUT2D eigenvalue weighted by molar-refractivity contribution is -0.116. The summed E-state index contributed by atoms with van der Waals surface area (Å²) in [5.74, 6) is 0.352. The van der Waals surface area contributed by atoms with Crippen molar-refractivity contribution in [2.24, 2.45) is 0 Å². The number of nitriles is 1. The Morgan fingerprint density at radius 2 is 2.19 bits per heavy atom. The molecule has 1 amide bonds. The lowest BCUT2D eigenvalue weighted by Gasteiger charge is -2.09. The molecule has 0 unspecified atom stereocenters. The van der Waals surface area contributed by atoms with Gasteiger partial charge in [0.05, 0.1) is 17.0 Å². The Labute approximate surface area is 159 Å². The Balaban J connectivity index is 1.48. The summed E-state index contributed by atoms with van der Waals surface area (Å²) in [7, 11) is 0. The molecule has 0 spiro atoms. The van der Waals surface area contributed by atoms with Crippen molar-refractivity contribution in [3.8, 4) is 6.07 Å². The van der Waals surface area contributed by atoms with E-state index in [2.05, 4.69) is 15.3 Å². The normalized spacial score (nSPS) is 13.1. The maximum absolute atomic E-state index is 12.5. The van der Waals surface area contributed by atoms with Gasteiger partial charge in [0, 0.05) is 23.4 Å². The first-order valence-corrected chi connectivity index (χ1v) is 9.79. The summed E-state index contributed by atoms with van der Waals surface area (Å²) in [5.41, 5.74) is 2.14. The number of amides is 1. The highest BCUT2D eigenvalue weighted by Gasteiger charge is 2.19. The number of benzene rings is 1. The molecule has 6 nitrogen and oxygen atoms in total. The highest BCUT2D eigenvalue weighted by atomic mass is 32.1. The van der Waals surface area contributed by atoms with Crippen LogP contribution in [0.2, 0.25) is 0 Å². The highest BCUT2D eigenvalue weighted by Crippen LogP contribution is 2.33. The third-order valence-electron chi connectivity index (χ3n) is 4.74. The minimum absolute atomic E-state index is 0.100. The van der Waals surface area contributed by atoms with Gasteiger partial charge in [-0.15, -0.1) is 11.3 Å². The lowest BCUT2D eigenvalue weighted by atomic mass is 9.97. The van der Waals surface area contributed by atoms with Gasteiger partial charge in [-0.25, -0.2) is 4.98 Å². The van der Waals surface area contributed by atoms with Crippen molar-refractivity contribution in [3.63, 3.8) is 0 Å². The molecule has 0 atom stereocenters. The Kier molecular flexibility index (Phi) is 4.73. The molecule has 27 heavy (non-hydrogen) atoms. The SMILES string of the molecule is N#Cc1cccc(NC(=O)CCc2nc3sc4c(c3c(=O)[nH]2)CCCC4)c1. The topological polar surface area (TPSA) is 98.6 Å². The molecule has 0 fully saturated rings. The van der Waals surface area contributed by atoms with E-state index in [1.165, 1.54) is 4.88 Å². The second kappa shape index (κ2) is 7.33. The number of carbonyl (C=O) groups excluding carboxylic acids is 1. The van der Waals surface area contributed by atoms with Crippen molar-refractivity contribution >= 4 is 33.1 Å². The Morgan fingerprint density at radius 3 is 3.04 bits per heavy atom. The quantitative estimate of drug-likeness (QED) is 0.727. The molecule has 3 aromatic rings. The molecule has 0 radical (unpaired) electrons. The second-order valence-electron chi connectivity index (χ2n) is 6.64. The Bertz CT molecular complexity index is 1120. The zero-order chi connectivity index (χ0) is 18.8. The molecule has 7 heteroatoms. The number of aromatic amines is 1. The zero-order valence-electron chi connectivity index (χ0n) is 14.7. The van der Waals surface area contributed by atoms with Crippen LogP contribution in [0.15, 0.2) is 29.1 Å². The average Bonchev–Trinajstić information content (AvgIpc) is 3.05. The fourth-order valence-corrected chi connectivity index (χ4v) is 4.73. The number of thiophene rings is 1. The summed E-state index contributed by atoms with van der Waals surface area (Å²) in [5, 5.41) is 12.4. The molecule has 0 saturated carbocycles. The second-order valence-corrected chi connectivity index (χ2v) is 7.73. The van der Waals surface area contributed by atoms with Crippen LogP contribution >= 0.6 is 11.3 Å². The number of hydrogen-bond acceptors (Lipinski definition) is 5. The molecule has 0 bridgehead atoms. The minimum atomic E-state index is -0.182. The standard InChI is InChI=1S/C20H18N4O2S/c21-11-12-4-3-5-13(10-12)22-17(25)9-8-16-23-19(26)18-14-6-1-2-7-15(14)27-20(18)24-16/h3-5,10H,1-2,6-9H2,(H,22,25)(H,23,24,26). The number of aryl methyl sites for hydroxylation is 3. The molecule has 0 aliphatic heterocycles. The average molecular weight is 378 g/mol. The maximum atomic E-state index is 12.5. The molecule has 1 aliphatic rings. The molecule has 4 rings (SSSR count). The number of nitrogens with zero attached hydrogens (tertiary/aromatic N) is 2. The lowest BCUT2D eigenvalue weighted by Crippen LogP contribution is -2.16. The van der Waals surface area contributed by atoms with Gasteiger partial charge in [-0.2, -0.15) is 5.26 Å². The van der Waals surface area contributed by atoms with Crippen molar-refractivity contribution in [1.29, 1.82) is 5.26 Å². The van der Waals surface area contributed by atoms with Crippen molar-refractivity contribution in [3.05, 3.63) is 56.4 Å². The number of H-pyrrole nitrogens is 1. The largest absolute Gasteiger partial charge is 0.326 e.